The van der Waals surface area contributed by atoms with Crippen LogP contribution < -0.4 is 0 Å². The van der Waals surface area contributed by atoms with E-state index in [-0.39, 0.29) is 0 Å². The van der Waals surface area contributed by atoms with Crippen molar-refractivity contribution in [2.24, 2.45) is 5.92 Å². The predicted octanol–water partition coefficient (Wildman–Crippen LogP) is 4.62. The summed E-state index contributed by atoms with van der Waals surface area (Å²) in [5.41, 5.74) is 6.85. The van der Waals surface area contributed by atoms with Crippen LogP contribution in [0.3, 0.4) is 0 Å². The van der Waals surface area contributed by atoms with Gasteiger partial charge in [0.1, 0.15) is 0 Å². The van der Waals surface area contributed by atoms with Gasteiger partial charge in [0.25, 0.3) is 0 Å². The normalized spacial score (nSPS) is 27.6. The van der Waals surface area contributed by atoms with Crippen LogP contribution in [0.5, 0.6) is 0 Å². The molecule has 0 N–H and O–H groups in total. The fourth-order valence-electron chi connectivity index (χ4n) is 3.06. The molecule has 2 aliphatic carbocycles. The summed E-state index contributed by atoms with van der Waals surface area (Å²) in [4.78, 5) is 0. The van der Waals surface area contributed by atoms with Crippen molar-refractivity contribution in [1.82, 2.24) is 0 Å². The summed E-state index contributed by atoms with van der Waals surface area (Å²) in [6.07, 6.45) is 8.30. The second-order valence-electron chi connectivity index (χ2n) is 5.20. The summed E-state index contributed by atoms with van der Waals surface area (Å²) in [6.45, 7) is 6.93. The van der Waals surface area contributed by atoms with Gasteiger partial charge in [0.05, 0.1) is 0 Å². The molecule has 0 nitrogen and oxygen atoms in total. The van der Waals surface area contributed by atoms with Gasteiger partial charge in [-0.2, -0.15) is 0 Å². The topological polar surface area (TPSA) is 0 Å². The maximum absolute atomic E-state index is 2.36. The van der Waals surface area contributed by atoms with Crippen LogP contribution in [0.25, 0.3) is 0 Å². The number of rotatable bonds is 0. The van der Waals surface area contributed by atoms with Crippen molar-refractivity contribution >= 4 is 0 Å². The molecule has 1 saturated carbocycles. The van der Waals surface area contributed by atoms with Gasteiger partial charge in [0.15, 0.2) is 0 Å². The second-order valence-corrected chi connectivity index (χ2v) is 5.20. The molecule has 0 heterocycles. The molecule has 0 aromatic rings. The van der Waals surface area contributed by atoms with Crippen LogP contribution in [-0.2, 0) is 0 Å². The molecule has 1 fully saturated rings. The molecule has 0 aromatic heterocycles. The zero-order valence-corrected chi connectivity index (χ0v) is 9.82. The molecule has 0 amide bonds. The molecular weight excluding hydrogens is 168 g/mol. The van der Waals surface area contributed by atoms with Gasteiger partial charge in [-0.1, -0.05) is 22.3 Å². The van der Waals surface area contributed by atoms with Crippen LogP contribution in [0.4, 0.5) is 0 Å². The molecule has 0 saturated heterocycles. The van der Waals surface area contributed by atoms with E-state index in [0.29, 0.717) is 0 Å². The maximum atomic E-state index is 2.36. The van der Waals surface area contributed by atoms with Crippen LogP contribution in [-0.4, -0.2) is 0 Å². The maximum Gasteiger partial charge on any atom is -0.0163 e. The van der Waals surface area contributed by atoms with Crippen LogP contribution in [0.15, 0.2) is 22.3 Å². The zero-order valence-electron chi connectivity index (χ0n) is 9.82. The van der Waals surface area contributed by atoms with Gasteiger partial charge in [-0.25, -0.2) is 0 Å². The van der Waals surface area contributed by atoms with E-state index < -0.39 is 0 Å². The summed E-state index contributed by atoms with van der Waals surface area (Å²) < 4.78 is 0. The first kappa shape index (κ1) is 10.0. The Kier molecular flexibility index (Phi) is 2.80. The van der Waals surface area contributed by atoms with Crippen molar-refractivity contribution in [3.05, 3.63) is 22.3 Å². The smallest absolute Gasteiger partial charge is 0.0163 e. The lowest BCUT2D eigenvalue weighted by Gasteiger charge is -2.13. The molecule has 78 valence electrons. The molecule has 0 unspecified atom stereocenters. The van der Waals surface area contributed by atoms with Crippen molar-refractivity contribution in [2.45, 2.75) is 59.3 Å². The van der Waals surface area contributed by atoms with Gasteiger partial charge < -0.3 is 0 Å². The first-order valence-corrected chi connectivity index (χ1v) is 6.02. The molecule has 1 atom stereocenters. The van der Waals surface area contributed by atoms with E-state index in [1.807, 2.05) is 5.57 Å². The van der Waals surface area contributed by atoms with E-state index in [2.05, 4.69) is 20.8 Å². The number of allylic oxidation sites excluding steroid dienone is 4. The fraction of sp³-hybridized carbons (Fsp3) is 0.714. The van der Waals surface area contributed by atoms with Crippen LogP contribution >= 0.6 is 0 Å². The Bertz CT molecular complexity index is 287. The lowest BCUT2D eigenvalue weighted by atomic mass is 9.93. The third kappa shape index (κ3) is 1.80. The Morgan fingerprint density at radius 1 is 1.14 bits per heavy atom. The molecule has 2 aliphatic rings. The lowest BCUT2D eigenvalue weighted by Crippen LogP contribution is -1.98. The Balaban J connectivity index is 2.25. The summed E-state index contributed by atoms with van der Waals surface area (Å²) in [7, 11) is 0. The lowest BCUT2D eigenvalue weighted by molar-refractivity contribution is 0.614. The van der Waals surface area contributed by atoms with Crippen molar-refractivity contribution in [3.63, 3.8) is 0 Å². The third-order valence-electron chi connectivity index (χ3n) is 4.04. The highest BCUT2D eigenvalue weighted by Gasteiger charge is 2.26. The first-order valence-electron chi connectivity index (χ1n) is 6.02. The van der Waals surface area contributed by atoms with Crippen molar-refractivity contribution in [1.29, 1.82) is 0 Å². The molecule has 2 rings (SSSR count). The average molecular weight is 190 g/mol. The van der Waals surface area contributed by atoms with E-state index in [4.69, 9.17) is 0 Å². The van der Waals surface area contributed by atoms with Gasteiger partial charge in [-0.05, 0) is 65.2 Å². The highest BCUT2D eigenvalue weighted by Crippen LogP contribution is 2.42. The average Bonchev–Trinajstić information content (AvgIpc) is 2.53. The quantitative estimate of drug-likeness (QED) is 0.489. The molecule has 14 heavy (non-hydrogen) atoms. The highest BCUT2D eigenvalue weighted by molar-refractivity contribution is 5.27. The van der Waals surface area contributed by atoms with E-state index in [1.165, 1.54) is 38.5 Å². The van der Waals surface area contributed by atoms with Crippen LogP contribution in [0.2, 0.25) is 0 Å². The first-order chi connectivity index (χ1) is 6.68. The van der Waals surface area contributed by atoms with Crippen LogP contribution in [0.1, 0.15) is 59.3 Å². The Hall–Kier alpha value is -0.520. The Morgan fingerprint density at radius 3 is 2.64 bits per heavy atom. The summed E-state index contributed by atoms with van der Waals surface area (Å²) in [5.74, 6) is 0.919. The molecule has 0 radical (unpaired) electrons. The van der Waals surface area contributed by atoms with Gasteiger partial charge in [-0.3, -0.25) is 0 Å². The highest BCUT2D eigenvalue weighted by atomic mass is 14.3. The summed E-state index contributed by atoms with van der Waals surface area (Å²) >= 11 is 0. The van der Waals surface area contributed by atoms with Gasteiger partial charge in [-0.15, -0.1) is 0 Å². The van der Waals surface area contributed by atoms with Crippen molar-refractivity contribution < 1.29 is 0 Å². The number of hydrogen-bond donors (Lipinski definition) is 0. The van der Waals surface area contributed by atoms with E-state index in [1.54, 1.807) is 16.7 Å². The minimum absolute atomic E-state index is 0.919. The van der Waals surface area contributed by atoms with Crippen molar-refractivity contribution in [3.8, 4) is 0 Å². The molecule has 0 heteroatoms. The van der Waals surface area contributed by atoms with E-state index >= 15 is 0 Å². The Labute approximate surface area is 88.1 Å². The van der Waals surface area contributed by atoms with E-state index in [9.17, 15) is 0 Å². The minimum Gasteiger partial charge on any atom is -0.0772 e. The molecule has 0 aliphatic heterocycles. The van der Waals surface area contributed by atoms with E-state index in [0.717, 1.165) is 5.92 Å². The number of fused-ring (bicyclic) bond motifs is 1. The van der Waals surface area contributed by atoms with Gasteiger partial charge in [0.2, 0.25) is 0 Å². The van der Waals surface area contributed by atoms with Crippen LogP contribution in [0, 0.1) is 5.92 Å². The molecule has 0 aromatic carbocycles. The monoisotopic (exact) mass is 190 g/mol. The second kappa shape index (κ2) is 3.92. The SMILES string of the molecule is CC(C)=C1CCC(C)=C2CCC[C@H]2C1. The largest absolute Gasteiger partial charge is 0.0772 e. The molecular formula is C14H22. The predicted molar refractivity (Wildman–Crippen MR) is 62.3 cm³/mol. The summed E-state index contributed by atoms with van der Waals surface area (Å²) in [5, 5.41) is 0. The molecule has 0 spiro atoms. The van der Waals surface area contributed by atoms with Gasteiger partial charge in [0, 0.05) is 0 Å². The third-order valence-corrected chi connectivity index (χ3v) is 4.04. The zero-order chi connectivity index (χ0) is 10.1. The van der Waals surface area contributed by atoms with Gasteiger partial charge >= 0.3 is 0 Å². The van der Waals surface area contributed by atoms with Crippen molar-refractivity contribution in [2.75, 3.05) is 0 Å². The molecule has 0 bridgehead atoms. The minimum atomic E-state index is 0.919. The number of hydrogen-bond acceptors (Lipinski definition) is 0. The summed E-state index contributed by atoms with van der Waals surface area (Å²) in [6, 6.07) is 0. The standard InChI is InChI=1S/C14H22/c1-10(2)12-8-7-11(3)14-6-4-5-13(14)9-12/h13H,4-9H2,1-3H3/t13-/m0/s1. The Morgan fingerprint density at radius 2 is 1.93 bits per heavy atom. The fourth-order valence-corrected chi connectivity index (χ4v) is 3.06.